The van der Waals surface area contributed by atoms with Crippen LogP contribution >= 0.6 is 0 Å². The van der Waals surface area contributed by atoms with Gasteiger partial charge in [0, 0.05) is 0 Å². The topological polar surface area (TPSA) is 26.3 Å². The van der Waals surface area contributed by atoms with E-state index in [2.05, 4.69) is 27.8 Å². The molecule has 4 heteroatoms. The van der Waals surface area contributed by atoms with Gasteiger partial charge in [-0.15, -0.1) is 0 Å². The van der Waals surface area contributed by atoms with E-state index in [0.29, 0.717) is 13.0 Å². The summed E-state index contributed by atoms with van der Waals surface area (Å²) < 4.78 is 6.16. The molecule has 0 aliphatic rings. The zero-order chi connectivity index (χ0) is 28.2. The van der Waals surface area contributed by atoms with Crippen molar-refractivity contribution < 1.29 is 26.4 Å². The molecule has 0 radical (unpaired) electrons. The smallest absolute Gasteiger partial charge is 0.310 e. The summed E-state index contributed by atoms with van der Waals surface area (Å²) in [4.78, 5) is 11.0. The van der Waals surface area contributed by atoms with Crippen molar-refractivity contribution in [2.75, 3.05) is 33.3 Å². The highest BCUT2D eigenvalue weighted by molar-refractivity contribution is 5.72. The Morgan fingerprint density at radius 3 is 1.31 bits per heavy atom. The van der Waals surface area contributed by atoms with Crippen LogP contribution in [0.2, 0.25) is 0 Å². The molecule has 1 aromatic carbocycles. The van der Waals surface area contributed by atoms with E-state index in [9.17, 15) is 4.79 Å². The highest BCUT2D eigenvalue weighted by Crippen LogP contribution is 2.16. The van der Waals surface area contributed by atoms with Gasteiger partial charge in [-0.1, -0.05) is 128 Å². The second-order valence-electron chi connectivity index (χ2n) is 11.6. The van der Waals surface area contributed by atoms with Crippen molar-refractivity contribution in [1.29, 1.82) is 0 Å². The minimum Gasteiger partial charge on any atom is -1.00 e. The summed E-state index contributed by atoms with van der Waals surface area (Å²) in [5, 5.41) is 0. The third kappa shape index (κ3) is 26.9. The fraction of sp³-hybridized carbons (Fsp3) is 0.800. The fourth-order valence-electron chi connectivity index (χ4n) is 5.13. The Balaban J connectivity index is 0. The largest absolute Gasteiger partial charge is 1.00 e. The third-order valence-corrected chi connectivity index (χ3v) is 7.65. The molecular weight excluding hydrogens is 502 g/mol. The second kappa shape index (κ2) is 29.9. The Morgan fingerprint density at radius 1 is 0.590 bits per heavy atom. The Morgan fingerprint density at radius 2 is 0.949 bits per heavy atom. The zero-order valence-corrected chi connectivity index (χ0v) is 27.5. The first-order valence-corrected chi connectivity index (χ1v) is 16.5. The first kappa shape index (κ1) is 40.1. The van der Waals surface area contributed by atoms with Crippen LogP contribution in [-0.2, 0) is 16.0 Å². The molecule has 0 unspecified atom stereocenters. The van der Waals surface area contributed by atoms with Gasteiger partial charge >= 0.3 is 5.97 Å². The van der Waals surface area contributed by atoms with Gasteiger partial charge in [0.1, 0.15) is 0 Å². The molecule has 0 aliphatic carbocycles. The molecule has 0 aliphatic heterocycles. The van der Waals surface area contributed by atoms with E-state index in [1.807, 2.05) is 37.3 Å². The van der Waals surface area contributed by atoms with Crippen LogP contribution in [0.3, 0.4) is 0 Å². The van der Waals surface area contributed by atoms with Gasteiger partial charge in [0.05, 0.1) is 39.7 Å². The molecule has 1 rings (SSSR count). The van der Waals surface area contributed by atoms with Crippen LogP contribution in [-0.4, -0.2) is 43.7 Å². The molecule has 0 N–H and O–H groups in total. The van der Waals surface area contributed by atoms with E-state index in [0.717, 1.165) is 5.56 Å². The predicted molar refractivity (Wildman–Crippen MR) is 168 cm³/mol. The lowest BCUT2D eigenvalue weighted by Gasteiger charge is -2.35. The number of benzene rings is 1. The second-order valence-corrected chi connectivity index (χ2v) is 11.6. The van der Waals surface area contributed by atoms with Crippen molar-refractivity contribution in [2.45, 2.75) is 150 Å². The van der Waals surface area contributed by atoms with Crippen LogP contribution in [0.25, 0.3) is 0 Å². The van der Waals surface area contributed by atoms with Crippen LogP contribution in [0.1, 0.15) is 149 Å². The summed E-state index contributed by atoms with van der Waals surface area (Å²) in [6.07, 6.45) is 26.2. The molecule has 0 fully saturated rings. The van der Waals surface area contributed by atoms with E-state index in [1.54, 1.807) is 0 Å². The molecule has 39 heavy (non-hydrogen) atoms. The van der Waals surface area contributed by atoms with Gasteiger partial charge in [0.15, 0.2) is 0 Å². The van der Waals surface area contributed by atoms with E-state index in [4.69, 9.17) is 4.74 Å². The number of carbonyl (C=O) groups is 1. The summed E-state index contributed by atoms with van der Waals surface area (Å²) in [7, 11) is 2.56. The monoisotopic (exact) mass is 567 g/mol. The number of carbonyl (C=O) groups excluding carboxylic acids is 1. The Kier molecular flexibility index (Phi) is 30.7. The van der Waals surface area contributed by atoms with Gasteiger partial charge < -0.3 is 21.6 Å². The lowest BCUT2D eigenvalue weighted by Crippen LogP contribution is -3.00. The molecule has 0 heterocycles. The quantitative estimate of drug-likeness (QED) is 0.0743. The maximum atomic E-state index is 11.0. The third-order valence-electron chi connectivity index (χ3n) is 7.65. The number of esters is 1. The molecule has 0 atom stereocenters. The number of ether oxygens (including phenoxy) is 1. The maximum absolute atomic E-state index is 11.0. The van der Waals surface area contributed by atoms with Gasteiger partial charge in [-0.2, -0.15) is 0 Å². The van der Waals surface area contributed by atoms with E-state index >= 15 is 0 Å². The summed E-state index contributed by atoms with van der Waals surface area (Å²) >= 11 is 0. The molecule has 3 nitrogen and oxygen atoms in total. The van der Waals surface area contributed by atoms with Crippen LogP contribution in [0.5, 0.6) is 0 Å². The van der Waals surface area contributed by atoms with Crippen LogP contribution in [0, 0.1) is 0 Å². The Labute approximate surface area is 250 Å². The minimum atomic E-state index is -0.163. The molecular formula is C35H66ClNO2. The number of halogens is 1. The summed E-state index contributed by atoms with van der Waals surface area (Å²) in [6.45, 7) is 13.5. The average molecular weight is 568 g/mol. The first-order chi connectivity index (χ1) is 18.5. The van der Waals surface area contributed by atoms with Crippen molar-refractivity contribution in [2.24, 2.45) is 0 Å². The van der Waals surface area contributed by atoms with Gasteiger partial charge in [-0.05, 0) is 51.0 Å². The van der Waals surface area contributed by atoms with Crippen molar-refractivity contribution >= 4 is 5.97 Å². The highest BCUT2D eigenvalue weighted by atomic mass is 35.5. The van der Waals surface area contributed by atoms with Gasteiger partial charge in [0.25, 0.3) is 0 Å². The molecule has 0 spiro atoms. The standard InChI is InChI=1S/C25H54N.C10H12O2.ClH/c1-5-8-11-14-17-20-23-26(4,24-21-18-15-12-9-6-2)25-22-19-16-13-10-7-3;1-2-12-10(11)8-9-6-4-3-5-7-9;/h5-25H2,1-4H3;3-7H,2,8H2,1H3;1H/q+1;;/p-1. The lowest BCUT2D eigenvalue weighted by molar-refractivity contribution is -0.910. The minimum absolute atomic E-state index is 0. The number of nitrogens with zero attached hydrogens (tertiary/aromatic N) is 1. The van der Waals surface area contributed by atoms with Crippen LogP contribution in [0.4, 0.5) is 0 Å². The van der Waals surface area contributed by atoms with Crippen LogP contribution < -0.4 is 12.4 Å². The number of rotatable bonds is 24. The SMILES string of the molecule is CCCCCCCC[N+](C)(CCCCCCCC)CCCCCCCC.CCOC(=O)Cc1ccccc1.[Cl-]. The van der Waals surface area contributed by atoms with E-state index in [1.165, 1.54) is 140 Å². The normalized spacial score (nSPS) is 10.9. The van der Waals surface area contributed by atoms with Gasteiger partial charge in [-0.25, -0.2) is 0 Å². The van der Waals surface area contributed by atoms with Crippen LogP contribution in [0.15, 0.2) is 30.3 Å². The molecule has 0 saturated carbocycles. The lowest BCUT2D eigenvalue weighted by atomic mass is 10.1. The van der Waals surface area contributed by atoms with Crippen molar-refractivity contribution in [3.8, 4) is 0 Å². The number of quaternary nitrogens is 1. The molecule has 0 saturated heterocycles. The van der Waals surface area contributed by atoms with Crippen molar-refractivity contribution in [3.63, 3.8) is 0 Å². The fourth-order valence-corrected chi connectivity index (χ4v) is 5.13. The molecule has 0 bridgehead atoms. The molecule has 1 aromatic rings. The number of hydrogen-bond donors (Lipinski definition) is 0. The first-order valence-electron chi connectivity index (χ1n) is 16.5. The predicted octanol–water partition coefficient (Wildman–Crippen LogP) is 7.31. The zero-order valence-electron chi connectivity index (χ0n) is 26.8. The summed E-state index contributed by atoms with van der Waals surface area (Å²) in [5.41, 5.74) is 0.996. The molecule has 230 valence electrons. The highest BCUT2D eigenvalue weighted by Gasteiger charge is 2.20. The average Bonchev–Trinajstić information content (AvgIpc) is 2.91. The summed E-state index contributed by atoms with van der Waals surface area (Å²) in [6, 6.07) is 9.58. The number of unbranched alkanes of at least 4 members (excludes halogenated alkanes) is 15. The van der Waals surface area contributed by atoms with Crippen molar-refractivity contribution in [1.82, 2.24) is 0 Å². The van der Waals surface area contributed by atoms with Gasteiger partial charge in [-0.3, -0.25) is 4.79 Å². The maximum Gasteiger partial charge on any atom is 0.310 e. The summed E-state index contributed by atoms with van der Waals surface area (Å²) in [5.74, 6) is -0.163. The Hall–Kier alpha value is -1.06. The molecule has 0 aromatic heterocycles. The van der Waals surface area contributed by atoms with Crippen molar-refractivity contribution in [3.05, 3.63) is 35.9 Å². The number of hydrogen-bond acceptors (Lipinski definition) is 2. The Bertz CT molecular complexity index is 582. The molecule has 0 amide bonds. The van der Waals surface area contributed by atoms with E-state index in [-0.39, 0.29) is 18.4 Å². The van der Waals surface area contributed by atoms with E-state index < -0.39 is 0 Å². The van der Waals surface area contributed by atoms with Gasteiger partial charge in [0.2, 0.25) is 0 Å².